The van der Waals surface area contributed by atoms with Crippen molar-refractivity contribution < 1.29 is 0 Å². The van der Waals surface area contributed by atoms with Crippen molar-refractivity contribution in [2.45, 2.75) is 38.4 Å². The first-order valence-electron chi connectivity index (χ1n) is 5.49. The molecule has 0 nitrogen and oxygen atoms in total. The van der Waals surface area contributed by atoms with Crippen LogP contribution in [0, 0.1) is 5.92 Å². The van der Waals surface area contributed by atoms with E-state index in [1.54, 1.807) is 0 Å². The van der Waals surface area contributed by atoms with Gasteiger partial charge in [-0.05, 0) is 24.3 Å². The van der Waals surface area contributed by atoms with Crippen LogP contribution in [0.3, 0.4) is 0 Å². The molecule has 0 amide bonds. The molecule has 0 aliphatic rings. The van der Waals surface area contributed by atoms with Crippen molar-refractivity contribution in [1.82, 2.24) is 0 Å². The van der Waals surface area contributed by atoms with E-state index in [9.17, 15) is 0 Å². The molecular formula is C13H20S. The maximum atomic E-state index is 4.64. The average molecular weight is 208 g/mol. The highest BCUT2D eigenvalue weighted by Crippen LogP contribution is 2.21. The Balaban J connectivity index is 2.57. The summed E-state index contributed by atoms with van der Waals surface area (Å²) in [6.45, 7) is 4.47. The maximum Gasteiger partial charge on any atom is 0.00455 e. The second-order valence-electron chi connectivity index (χ2n) is 3.83. The lowest BCUT2D eigenvalue weighted by atomic mass is 9.92. The molecule has 0 aliphatic heterocycles. The van der Waals surface area contributed by atoms with Gasteiger partial charge in [-0.3, -0.25) is 0 Å². The average Bonchev–Trinajstić information content (AvgIpc) is 2.26. The van der Waals surface area contributed by atoms with Gasteiger partial charge in [0.05, 0.1) is 0 Å². The highest BCUT2D eigenvalue weighted by molar-refractivity contribution is 7.81. The van der Waals surface area contributed by atoms with Gasteiger partial charge in [-0.15, -0.1) is 0 Å². The largest absolute Gasteiger partial charge is 0.176 e. The van der Waals surface area contributed by atoms with Gasteiger partial charge < -0.3 is 0 Å². The first kappa shape index (κ1) is 11.6. The molecule has 1 rings (SSSR count). The Morgan fingerprint density at radius 2 is 1.71 bits per heavy atom. The molecule has 0 saturated carbocycles. The van der Waals surface area contributed by atoms with E-state index < -0.39 is 0 Å². The van der Waals surface area contributed by atoms with Gasteiger partial charge in [-0.1, -0.05) is 50.6 Å². The van der Waals surface area contributed by atoms with Gasteiger partial charge in [0.2, 0.25) is 0 Å². The molecule has 0 N–H and O–H groups in total. The van der Waals surface area contributed by atoms with Crippen LogP contribution in [0.5, 0.6) is 0 Å². The summed E-state index contributed by atoms with van der Waals surface area (Å²) in [6, 6.07) is 10.7. The molecule has 2 atom stereocenters. The van der Waals surface area contributed by atoms with Crippen molar-refractivity contribution in [2.75, 3.05) is 0 Å². The molecule has 0 heterocycles. The number of benzene rings is 1. The van der Waals surface area contributed by atoms with Crippen molar-refractivity contribution in [1.29, 1.82) is 0 Å². The molecule has 0 spiro atoms. The smallest absolute Gasteiger partial charge is 0.00455 e. The van der Waals surface area contributed by atoms with Gasteiger partial charge in [0.25, 0.3) is 0 Å². The summed E-state index contributed by atoms with van der Waals surface area (Å²) in [4.78, 5) is 0. The fourth-order valence-electron chi connectivity index (χ4n) is 1.80. The SMILES string of the molecule is CCC(S)C(CC)Cc1ccccc1. The summed E-state index contributed by atoms with van der Waals surface area (Å²) < 4.78 is 0. The molecule has 0 radical (unpaired) electrons. The van der Waals surface area contributed by atoms with Crippen LogP contribution < -0.4 is 0 Å². The first-order chi connectivity index (χ1) is 6.77. The van der Waals surface area contributed by atoms with Crippen LogP contribution in [0.4, 0.5) is 0 Å². The Bertz CT molecular complexity index is 243. The Morgan fingerprint density at radius 3 is 2.21 bits per heavy atom. The Morgan fingerprint density at radius 1 is 1.07 bits per heavy atom. The Labute approximate surface area is 93.1 Å². The number of rotatable bonds is 5. The fraction of sp³-hybridized carbons (Fsp3) is 0.538. The molecule has 1 aromatic rings. The Kier molecular flexibility index (Phi) is 5.10. The molecule has 0 bridgehead atoms. The van der Waals surface area contributed by atoms with Crippen LogP contribution >= 0.6 is 12.6 Å². The Hall–Kier alpha value is -0.430. The van der Waals surface area contributed by atoms with E-state index >= 15 is 0 Å². The summed E-state index contributed by atoms with van der Waals surface area (Å²) in [5, 5.41) is 0.542. The van der Waals surface area contributed by atoms with Gasteiger partial charge >= 0.3 is 0 Å². The van der Waals surface area contributed by atoms with Crippen LogP contribution in [0.15, 0.2) is 30.3 Å². The topological polar surface area (TPSA) is 0 Å². The lowest BCUT2D eigenvalue weighted by Crippen LogP contribution is -2.16. The number of hydrogen-bond acceptors (Lipinski definition) is 1. The van der Waals surface area contributed by atoms with Crippen LogP contribution in [-0.4, -0.2) is 5.25 Å². The minimum Gasteiger partial charge on any atom is -0.176 e. The van der Waals surface area contributed by atoms with Gasteiger partial charge in [0.1, 0.15) is 0 Å². The number of thiol groups is 1. The molecule has 0 aliphatic carbocycles. The van der Waals surface area contributed by atoms with E-state index in [-0.39, 0.29) is 0 Å². The summed E-state index contributed by atoms with van der Waals surface area (Å²) in [5.41, 5.74) is 1.44. The van der Waals surface area contributed by atoms with E-state index in [0.29, 0.717) is 11.2 Å². The normalized spacial score (nSPS) is 15.1. The fourth-order valence-corrected chi connectivity index (χ4v) is 2.12. The zero-order valence-corrected chi connectivity index (χ0v) is 10.0. The van der Waals surface area contributed by atoms with Gasteiger partial charge in [0.15, 0.2) is 0 Å². The van der Waals surface area contributed by atoms with E-state index in [2.05, 4.69) is 56.8 Å². The third kappa shape index (κ3) is 3.38. The zero-order chi connectivity index (χ0) is 10.4. The van der Waals surface area contributed by atoms with Crippen molar-refractivity contribution in [3.63, 3.8) is 0 Å². The summed E-state index contributed by atoms with van der Waals surface area (Å²) >= 11 is 4.64. The quantitative estimate of drug-likeness (QED) is 0.696. The maximum absolute atomic E-state index is 4.64. The summed E-state index contributed by atoms with van der Waals surface area (Å²) in [7, 11) is 0. The molecule has 0 fully saturated rings. The molecule has 1 heteroatoms. The van der Waals surface area contributed by atoms with Gasteiger partial charge in [0, 0.05) is 5.25 Å². The van der Waals surface area contributed by atoms with Crippen LogP contribution in [0.2, 0.25) is 0 Å². The van der Waals surface area contributed by atoms with Crippen LogP contribution in [-0.2, 0) is 6.42 Å². The third-order valence-corrected chi connectivity index (χ3v) is 3.61. The molecule has 1 aromatic carbocycles. The highest BCUT2D eigenvalue weighted by Gasteiger charge is 2.14. The van der Waals surface area contributed by atoms with Gasteiger partial charge in [-0.2, -0.15) is 12.6 Å². The minimum absolute atomic E-state index is 0.542. The standard InChI is InChI=1S/C13H20S/c1-3-12(13(14)4-2)10-11-8-6-5-7-9-11/h5-9,12-14H,3-4,10H2,1-2H3. The lowest BCUT2D eigenvalue weighted by molar-refractivity contribution is 0.478. The molecular weight excluding hydrogens is 188 g/mol. The van der Waals surface area contributed by atoms with E-state index in [4.69, 9.17) is 0 Å². The van der Waals surface area contributed by atoms with Crippen molar-refractivity contribution in [2.24, 2.45) is 5.92 Å². The molecule has 14 heavy (non-hydrogen) atoms. The minimum atomic E-state index is 0.542. The third-order valence-electron chi connectivity index (χ3n) is 2.83. The van der Waals surface area contributed by atoms with Crippen molar-refractivity contribution in [3.8, 4) is 0 Å². The molecule has 0 aromatic heterocycles. The summed E-state index contributed by atoms with van der Waals surface area (Å²) in [6.07, 6.45) is 3.55. The van der Waals surface area contributed by atoms with Crippen LogP contribution in [0.25, 0.3) is 0 Å². The van der Waals surface area contributed by atoms with Crippen LogP contribution in [0.1, 0.15) is 32.3 Å². The molecule has 78 valence electrons. The second-order valence-corrected chi connectivity index (χ2v) is 4.50. The second kappa shape index (κ2) is 6.13. The summed E-state index contributed by atoms with van der Waals surface area (Å²) in [5.74, 6) is 0.714. The number of hydrogen-bond donors (Lipinski definition) is 1. The molecule has 0 saturated heterocycles. The predicted molar refractivity (Wildman–Crippen MR) is 67.0 cm³/mol. The van der Waals surface area contributed by atoms with Crippen molar-refractivity contribution >= 4 is 12.6 Å². The van der Waals surface area contributed by atoms with Crippen molar-refractivity contribution in [3.05, 3.63) is 35.9 Å². The first-order valence-corrected chi connectivity index (χ1v) is 6.01. The monoisotopic (exact) mass is 208 g/mol. The lowest BCUT2D eigenvalue weighted by Gasteiger charge is -2.20. The van der Waals surface area contributed by atoms with E-state index in [0.717, 1.165) is 6.42 Å². The highest BCUT2D eigenvalue weighted by atomic mass is 32.1. The zero-order valence-electron chi connectivity index (χ0n) is 9.11. The van der Waals surface area contributed by atoms with E-state index in [1.165, 1.54) is 18.4 Å². The van der Waals surface area contributed by atoms with E-state index in [1.807, 2.05) is 0 Å². The van der Waals surface area contributed by atoms with Gasteiger partial charge in [-0.25, -0.2) is 0 Å². The predicted octanol–water partition coefficient (Wildman–Crippen LogP) is 3.96. The molecule has 2 unspecified atom stereocenters.